The Morgan fingerprint density at radius 2 is 1.73 bits per heavy atom. The summed E-state index contributed by atoms with van der Waals surface area (Å²) in [5, 5.41) is 2.71. The van der Waals surface area contributed by atoms with Gasteiger partial charge < -0.3 is 19.9 Å². The highest BCUT2D eigenvalue weighted by Crippen LogP contribution is 2.29. The fourth-order valence-corrected chi connectivity index (χ4v) is 3.22. The molecule has 26 heavy (non-hydrogen) atoms. The standard InChI is InChI=1S/C19H18FN3O3/c20-13-5-7-14(8-6-13)22-9-11-23(12-10-22)19(25)17-18(24)21-15-3-1-2-4-16(15)26-17/h1-8,17H,9-12H2,(H,21,24). The Hall–Kier alpha value is -3.09. The highest BCUT2D eigenvalue weighted by atomic mass is 19.1. The molecule has 2 aromatic carbocycles. The monoisotopic (exact) mass is 355 g/mol. The van der Waals surface area contributed by atoms with Crippen LogP contribution in [0.1, 0.15) is 0 Å². The number of para-hydroxylation sites is 2. The molecule has 0 saturated carbocycles. The second-order valence-corrected chi connectivity index (χ2v) is 6.27. The summed E-state index contributed by atoms with van der Waals surface area (Å²) >= 11 is 0. The molecule has 1 N–H and O–H groups in total. The van der Waals surface area contributed by atoms with Crippen molar-refractivity contribution in [3.63, 3.8) is 0 Å². The van der Waals surface area contributed by atoms with E-state index in [9.17, 15) is 14.0 Å². The zero-order valence-corrected chi connectivity index (χ0v) is 14.0. The van der Waals surface area contributed by atoms with E-state index in [1.165, 1.54) is 12.1 Å². The first-order chi connectivity index (χ1) is 12.6. The minimum Gasteiger partial charge on any atom is -0.468 e. The molecule has 7 heteroatoms. The largest absolute Gasteiger partial charge is 0.468 e. The molecule has 0 aliphatic carbocycles. The van der Waals surface area contributed by atoms with Crippen LogP contribution in [0.25, 0.3) is 0 Å². The summed E-state index contributed by atoms with van der Waals surface area (Å²) in [6.07, 6.45) is -1.16. The molecule has 2 aliphatic rings. The van der Waals surface area contributed by atoms with E-state index in [0.29, 0.717) is 37.6 Å². The number of nitrogens with one attached hydrogen (secondary N) is 1. The maximum atomic E-state index is 13.0. The average Bonchev–Trinajstić information content (AvgIpc) is 2.68. The van der Waals surface area contributed by atoms with Crippen LogP contribution in [0.5, 0.6) is 5.75 Å². The molecule has 1 unspecified atom stereocenters. The highest BCUT2D eigenvalue weighted by Gasteiger charge is 2.37. The first-order valence-electron chi connectivity index (χ1n) is 8.48. The number of nitrogens with zero attached hydrogens (tertiary/aromatic N) is 2. The molecule has 2 heterocycles. The average molecular weight is 355 g/mol. The van der Waals surface area contributed by atoms with Crippen LogP contribution in [0.3, 0.4) is 0 Å². The van der Waals surface area contributed by atoms with Crippen LogP contribution >= 0.6 is 0 Å². The third-order valence-corrected chi connectivity index (χ3v) is 4.64. The fraction of sp³-hybridized carbons (Fsp3) is 0.263. The van der Waals surface area contributed by atoms with Crippen LogP contribution < -0.4 is 15.0 Å². The second kappa shape index (κ2) is 6.67. The fourth-order valence-electron chi connectivity index (χ4n) is 3.22. The second-order valence-electron chi connectivity index (χ2n) is 6.27. The molecule has 4 rings (SSSR count). The van der Waals surface area contributed by atoms with E-state index < -0.39 is 12.0 Å². The summed E-state index contributed by atoms with van der Waals surface area (Å²) in [5.74, 6) is -0.566. The van der Waals surface area contributed by atoms with Crippen molar-refractivity contribution in [3.8, 4) is 5.75 Å². The first-order valence-corrected chi connectivity index (χ1v) is 8.48. The molecule has 2 amide bonds. The zero-order valence-electron chi connectivity index (χ0n) is 14.0. The Morgan fingerprint density at radius 3 is 2.46 bits per heavy atom. The van der Waals surface area contributed by atoms with Crippen molar-refractivity contribution in [2.24, 2.45) is 0 Å². The lowest BCUT2D eigenvalue weighted by atomic mass is 10.1. The molecule has 0 radical (unpaired) electrons. The van der Waals surface area contributed by atoms with E-state index >= 15 is 0 Å². The van der Waals surface area contributed by atoms with E-state index in [1.807, 2.05) is 0 Å². The Labute approximate surface area is 150 Å². The van der Waals surface area contributed by atoms with E-state index in [4.69, 9.17) is 4.74 Å². The summed E-state index contributed by atoms with van der Waals surface area (Å²) < 4.78 is 18.7. The predicted molar refractivity (Wildman–Crippen MR) is 94.7 cm³/mol. The number of rotatable bonds is 2. The van der Waals surface area contributed by atoms with Gasteiger partial charge in [0.2, 0.25) is 0 Å². The molecule has 134 valence electrons. The molecule has 0 bridgehead atoms. The number of amides is 2. The van der Waals surface area contributed by atoms with E-state index in [2.05, 4.69) is 10.2 Å². The zero-order chi connectivity index (χ0) is 18.1. The molecule has 1 atom stereocenters. The van der Waals surface area contributed by atoms with Gasteiger partial charge in [0.1, 0.15) is 11.6 Å². The molecule has 0 spiro atoms. The van der Waals surface area contributed by atoms with Crippen molar-refractivity contribution in [3.05, 3.63) is 54.3 Å². The van der Waals surface area contributed by atoms with Crippen molar-refractivity contribution in [1.29, 1.82) is 0 Å². The minimum atomic E-state index is -1.16. The van der Waals surface area contributed by atoms with E-state index in [1.54, 1.807) is 41.3 Å². The maximum Gasteiger partial charge on any atom is 0.275 e. The first kappa shape index (κ1) is 16.4. The van der Waals surface area contributed by atoms with Crippen molar-refractivity contribution >= 4 is 23.2 Å². The minimum absolute atomic E-state index is 0.275. The van der Waals surface area contributed by atoms with Crippen molar-refractivity contribution in [2.45, 2.75) is 6.10 Å². The molecule has 0 aromatic heterocycles. The number of benzene rings is 2. The van der Waals surface area contributed by atoms with E-state index in [-0.39, 0.29) is 11.7 Å². The quantitative estimate of drug-likeness (QED) is 0.836. The van der Waals surface area contributed by atoms with Crippen LogP contribution in [0.2, 0.25) is 0 Å². The summed E-state index contributed by atoms with van der Waals surface area (Å²) in [5.41, 5.74) is 1.49. The summed E-state index contributed by atoms with van der Waals surface area (Å²) in [6, 6.07) is 13.3. The van der Waals surface area contributed by atoms with Crippen molar-refractivity contribution in [2.75, 3.05) is 36.4 Å². The van der Waals surface area contributed by atoms with Gasteiger partial charge in [-0.05, 0) is 36.4 Å². The lowest BCUT2D eigenvalue weighted by molar-refractivity contribution is -0.145. The summed E-state index contributed by atoms with van der Waals surface area (Å²) in [7, 11) is 0. The Balaban J connectivity index is 1.41. The van der Waals surface area contributed by atoms with Crippen LogP contribution in [0.4, 0.5) is 15.8 Å². The summed E-state index contributed by atoms with van der Waals surface area (Å²) in [4.78, 5) is 28.7. The van der Waals surface area contributed by atoms with Gasteiger partial charge in [0.25, 0.3) is 17.9 Å². The van der Waals surface area contributed by atoms with Gasteiger partial charge in [-0.2, -0.15) is 0 Å². The number of anilines is 2. The van der Waals surface area contributed by atoms with Crippen molar-refractivity contribution < 1.29 is 18.7 Å². The highest BCUT2D eigenvalue weighted by molar-refractivity contribution is 6.11. The molecule has 2 aliphatic heterocycles. The number of piperazine rings is 1. The van der Waals surface area contributed by atoms with Gasteiger partial charge >= 0.3 is 0 Å². The van der Waals surface area contributed by atoms with Gasteiger partial charge in [0, 0.05) is 31.9 Å². The van der Waals surface area contributed by atoms with Gasteiger partial charge in [0.05, 0.1) is 5.69 Å². The molecule has 1 fully saturated rings. The number of halogens is 1. The topological polar surface area (TPSA) is 61.9 Å². The van der Waals surface area contributed by atoms with Gasteiger partial charge in [-0.15, -0.1) is 0 Å². The lowest BCUT2D eigenvalue weighted by Crippen LogP contribution is -2.55. The smallest absolute Gasteiger partial charge is 0.275 e. The molecule has 2 aromatic rings. The molecule has 1 saturated heterocycles. The van der Waals surface area contributed by atoms with Gasteiger partial charge in [0.15, 0.2) is 0 Å². The SMILES string of the molecule is O=C1Nc2ccccc2OC1C(=O)N1CCN(c2ccc(F)cc2)CC1. The van der Waals surface area contributed by atoms with Crippen LogP contribution in [-0.2, 0) is 9.59 Å². The van der Waals surface area contributed by atoms with Gasteiger partial charge in [-0.25, -0.2) is 4.39 Å². The van der Waals surface area contributed by atoms with E-state index in [0.717, 1.165) is 5.69 Å². The lowest BCUT2D eigenvalue weighted by Gasteiger charge is -2.37. The number of hydrogen-bond acceptors (Lipinski definition) is 4. The number of carbonyl (C=O) groups excluding carboxylic acids is 2. The third-order valence-electron chi connectivity index (χ3n) is 4.64. The van der Waals surface area contributed by atoms with Gasteiger partial charge in [-0.3, -0.25) is 9.59 Å². The predicted octanol–water partition coefficient (Wildman–Crippen LogP) is 1.87. The Morgan fingerprint density at radius 1 is 1.04 bits per heavy atom. The number of hydrogen-bond donors (Lipinski definition) is 1. The van der Waals surface area contributed by atoms with Gasteiger partial charge in [-0.1, -0.05) is 12.1 Å². The maximum absolute atomic E-state index is 13.0. The number of fused-ring (bicyclic) bond motifs is 1. The normalized spacial score (nSPS) is 19.4. The van der Waals surface area contributed by atoms with Crippen LogP contribution in [-0.4, -0.2) is 49.0 Å². The molecule has 6 nitrogen and oxygen atoms in total. The molecular formula is C19H18FN3O3. The van der Waals surface area contributed by atoms with Crippen LogP contribution in [0, 0.1) is 5.82 Å². The van der Waals surface area contributed by atoms with Crippen LogP contribution in [0.15, 0.2) is 48.5 Å². The Bertz CT molecular complexity index is 832. The summed E-state index contributed by atoms with van der Waals surface area (Å²) in [6.45, 7) is 2.18. The number of ether oxygens (including phenoxy) is 1. The molecular weight excluding hydrogens is 337 g/mol. The van der Waals surface area contributed by atoms with Crippen molar-refractivity contribution in [1.82, 2.24) is 4.90 Å². The third kappa shape index (κ3) is 3.08. The number of carbonyl (C=O) groups is 2. The Kier molecular flexibility index (Phi) is 4.20.